The molecule has 0 bridgehead atoms. The van der Waals surface area contributed by atoms with E-state index in [9.17, 15) is 0 Å². The fraction of sp³-hybridized carbons (Fsp3) is 0.240. The van der Waals surface area contributed by atoms with E-state index < -0.39 is 0 Å². The highest BCUT2D eigenvalue weighted by molar-refractivity contribution is 5.61. The van der Waals surface area contributed by atoms with Crippen LogP contribution in [-0.4, -0.2) is 48.4 Å². The third-order valence-corrected chi connectivity index (χ3v) is 5.77. The van der Waals surface area contributed by atoms with E-state index in [-0.39, 0.29) is 0 Å². The lowest BCUT2D eigenvalue weighted by atomic mass is 10.1. The van der Waals surface area contributed by atoms with Crippen LogP contribution in [0.5, 0.6) is 5.75 Å². The Bertz CT molecular complexity index is 1160. The fourth-order valence-corrected chi connectivity index (χ4v) is 3.85. The second kappa shape index (κ2) is 8.70. The molecule has 0 aliphatic carbocycles. The molecule has 2 aromatic heterocycles. The van der Waals surface area contributed by atoms with Crippen molar-refractivity contribution in [2.45, 2.75) is 6.92 Å². The van der Waals surface area contributed by atoms with Gasteiger partial charge in [0.15, 0.2) is 0 Å². The van der Waals surface area contributed by atoms with Gasteiger partial charge in [-0.05, 0) is 43.3 Å². The first-order chi connectivity index (χ1) is 15.7. The number of aromatic nitrogens is 3. The summed E-state index contributed by atoms with van der Waals surface area (Å²) >= 11 is 0. The van der Waals surface area contributed by atoms with Gasteiger partial charge in [0.25, 0.3) is 5.89 Å². The molecular weight excluding hydrogens is 402 g/mol. The molecule has 0 saturated carbocycles. The number of aryl methyl sites for hydroxylation is 1. The molecule has 1 saturated heterocycles. The molecule has 3 heterocycles. The van der Waals surface area contributed by atoms with Crippen molar-refractivity contribution in [3.63, 3.8) is 0 Å². The van der Waals surface area contributed by atoms with Gasteiger partial charge in [0.2, 0.25) is 5.82 Å². The predicted molar refractivity (Wildman–Crippen MR) is 125 cm³/mol. The van der Waals surface area contributed by atoms with Crippen LogP contribution < -0.4 is 14.5 Å². The number of anilines is 2. The van der Waals surface area contributed by atoms with Crippen molar-refractivity contribution in [2.75, 3.05) is 43.1 Å². The highest BCUT2D eigenvalue weighted by atomic mass is 16.5. The van der Waals surface area contributed by atoms with Crippen LogP contribution in [0.15, 0.2) is 71.4 Å². The molecule has 1 fully saturated rings. The molecule has 0 radical (unpaired) electrons. The van der Waals surface area contributed by atoms with Gasteiger partial charge in [0.1, 0.15) is 11.6 Å². The molecular formula is C25H25N5O2. The third kappa shape index (κ3) is 4.14. The normalized spacial score (nSPS) is 13.9. The zero-order valence-electron chi connectivity index (χ0n) is 18.2. The molecule has 0 spiro atoms. The number of piperazine rings is 1. The summed E-state index contributed by atoms with van der Waals surface area (Å²) in [5.74, 6) is 2.90. The molecule has 1 aliphatic heterocycles. The molecule has 4 aromatic rings. The van der Waals surface area contributed by atoms with E-state index in [4.69, 9.17) is 9.26 Å². The minimum atomic E-state index is 0.476. The maximum absolute atomic E-state index is 5.47. The second-order valence-corrected chi connectivity index (χ2v) is 7.87. The average Bonchev–Trinajstić information content (AvgIpc) is 3.35. The second-order valence-electron chi connectivity index (χ2n) is 7.87. The van der Waals surface area contributed by atoms with Crippen LogP contribution in [-0.2, 0) is 0 Å². The van der Waals surface area contributed by atoms with Gasteiger partial charge in [0.05, 0.1) is 12.7 Å². The number of hydrogen-bond acceptors (Lipinski definition) is 7. The lowest BCUT2D eigenvalue weighted by Gasteiger charge is -2.36. The summed E-state index contributed by atoms with van der Waals surface area (Å²) < 4.78 is 10.7. The van der Waals surface area contributed by atoms with Gasteiger partial charge < -0.3 is 19.1 Å². The standard InChI is InChI=1S/C25H25N5O2/c1-18-3-5-19(6-4-18)24-27-25(32-28-24)20-7-12-23(26-17-20)30-15-13-29(14-16-30)21-8-10-22(31-2)11-9-21/h3-12,17H,13-16H2,1-2H3. The first kappa shape index (κ1) is 20.1. The molecule has 0 atom stereocenters. The quantitative estimate of drug-likeness (QED) is 0.466. The molecule has 5 rings (SSSR count). The number of pyridine rings is 1. The van der Waals surface area contributed by atoms with Gasteiger partial charge in [0, 0.05) is 43.6 Å². The van der Waals surface area contributed by atoms with Crippen LogP contribution in [0, 0.1) is 6.92 Å². The first-order valence-electron chi connectivity index (χ1n) is 10.7. The van der Waals surface area contributed by atoms with E-state index in [2.05, 4.69) is 44.0 Å². The van der Waals surface area contributed by atoms with Crippen LogP contribution in [0.25, 0.3) is 22.8 Å². The highest BCUT2D eigenvalue weighted by Gasteiger charge is 2.19. The van der Waals surface area contributed by atoms with Crippen molar-refractivity contribution in [1.82, 2.24) is 15.1 Å². The molecule has 0 unspecified atom stereocenters. The zero-order chi connectivity index (χ0) is 21.9. The summed E-state index contributed by atoms with van der Waals surface area (Å²) in [6, 6.07) is 20.3. The Morgan fingerprint density at radius 1 is 0.812 bits per heavy atom. The molecule has 162 valence electrons. The fourth-order valence-electron chi connectivity index (χ4n) is 3.85. The lowest BCUT2D eigenvalue weighted by molar-refractivity contribution is 0.415. The van der Waals surface area contributed by atoms with E-state index in [1.807, 2.05) is 48.5 Å². The third-order valence-electron chi connectivity index (χ3n) is 5.77. The van der Waals surface area contributed by atoms with Crippen molar-refractivity contribution in [3.8, 4) is 28.6 Å². The molecule has 7 heteroatoms. The number of hydrogen-bond donors (Lipinski definition) is 0. The minimum Gasteiger partial charge on any atom is -0.497 e. The summed E-state index contributed by atoms with van der Waals surface area (Å²) in [6.07, 6.45) is 1.80. The monoisotopic (exact) mass is 427 g/mol. The summed E-state index contributed by atoms with van der Waals surface area (Å²) in [5.41, 5.74) is 4.16. The molecule has 7 nitrogen and oxygen atoms in total. The Kier molecular flexibility index (Phi) is 5.46. The SMILES string of the molecule is COc1ccc(N2CCN(c3ccc(-c4nc(-c5ccc(C)cc5)no4)cn3)CC2)cc1. The zero-order valence-corrected chi connectivity index (χ0v) is 18.2. The van der Waals surface area contributed by atoms with Crippen molar-refractivity contribution >= 4 is 11.5 Å². The summed E-state index contributed by atoms with van der Waals surface area (Å²) in [6.45, 7) is 5.77. The molecule has 2 aromatic carbocycles. The summed E-state index contributed by atoms with van der Waals surface area (Å²) in [5, 5.41) is 4.12. The maximum atomic E-state index is 5.47. The van der Waals surface area contributed by atoms with E-state index in [1.54, 1.807) is 13.3 Å². The smallest absolute Gasteiger partial charge is 0.259 e. The number of methoxy groups -OCH3 is 1. The first-order valence-corrected chi connectivity index (χ1v) is 10.7. The van der Waals surface area contributed by atoms with Crippen molar-refractivity contribution in [3.05, 3.63) is 72.4 Å². The Morgan fingerprint density at radius 3 is 2.16 bits per heavy atom. The number of benzene rings is 2. The summed E-state index contributed by atoms with van der Waals surface area (Å²) in [7, 11) is 1.69. The van der Waals surface area contributed by atoms with Gasteiger partial charge in [-0.15, -0.1) is 0 Å². The topological polar surface area (TPSA) is 67.5 Å². The number of ether oxygens (including phenoxy) is 1. The van der Waals surface area contributed by atoms with Crippen LogP contribution >= 0.6 is 0 Å². The van der Waals surface area contributed by atoms with Crippen molar-refractivity contribution in [1.29, 1.82) is 0 Å². The van der Waals surface area contributed by atoms with Crippen molar-refractivity contribution < 1.29 is 9.26 Å². The van der Waals surface area contributed by atoms with Gasteiger partial charge in [-0.2, -0.15) is 4.98 Å². The van der Waals surface area contributed by atoms with E-state index in [0.717, 1.165) is 48.9 Å². The van der Waals surface area contributed by atoms with Crippen LogP contribution in [0.3, 0.4) is 0 Å². The Balaban J connectivity index is 1.23. The van der Waals surface area contributed by atoms with Crippen LogP contribution in [0.2, 0.25) is 0 Å². The minimum absolute atomic E-state index is 0.476. The van der Waals surface area contributed by atoms with Crippen LogP contribution in [0.4, 0.5) is 11.5 Å². The van der Waals surface area contributed by atoms with Gasteiger partial charge in [-0.1, -0.05) is 35.0 Å². The van der Waals surface area contributed by atoms with Gasteiger partial charge >= 0.3 is 0 Å². The van der Waals surface area contributed by atoms with Gasteiger partial charge in [-0.3, -0.25) is 0 Å². The Labute approximate surface area is 187 Å². The molecule has 32 heavy (non-hydrogen) atoms. The largest absolute Gasteiger partial charge is 0.497 e. The van der Waals surface area contributed by atoms with E-state index in [1.165, 1.54) is 11.3 Å². The highest BCUT2D eigenvalue weighted by Crippen LogP contribution is 2.25. The average molecular weight is 428 g/mol. The summed E-state index contributed by atoms with van der Waals surface area (Å²) in [4.78, 5) is 13.9. The number of rotatable bonds is 5. The van der Waals surface area contributed by atoms with Crippen LogP contribution in [0.1, 0.15) is 5.56 Å². The van der Waals surface area contributed by atoms with Gasteiger partial charge in [-0.25, -0.2) is 4.98 Å². The Hall–Kier alpha value is -3.87. The van der Waals surface area contributed by atoms with Crippen molar-refractivity contribution in [2.24, 2.45) is 0 Å². The molecule has 1 aliphatic rings. The predicted octanol–water partition coefficient (Wildman–Crippen LogP) is 4.44. The molecule has 0 amide bonds. The van der Waals surface area contributed by atoms with E-state index in [0.29, 0.717) is 11.7 Å². The Morgan fingerprint density at radius 2 is 1.50 bits per heavy atom. The van der Waals surface area contributed by atoms with E-state index >= 15 is 0 Å². The molecule has 0 N–H and O–H groups in total. The number of nitrogens with zero attached hydrogens (tertiary/aromatic N) is 5. The lowest BCUT2D eigenvalue weighted by Crippen LogP contribution is -2.46. The maximum Gasteiger partial charge on any atom is 0.259 e.